The minimum Gasteiger partial charge on any atom is -0.463 e. The van der Waals surface area contributed by atoms with E-state index in [1.165, 1.54) is 0 Å². The van der Waals surface area contributed by atoms with Crippen molar-refractivity contribution in [1.29, 1.82) is 0 Å². The standard InChI is InChI=1S/C64H83NO42/c1-24(67)84-20-41-46(51(89-29(6)72)56(94-34(11)77)60(100-41)98-39-17-15-38(16-18-39)65(82)83)105-62-58(96-36(13)79)53(91-31(8)74)48(43(102-62)22-86-26(3)69)107-64-59(97-37(14)80)54(92-32(9)75)49(44(103-64)23-87-27(4)70)106-63-57(95-35(12)78)52(90-30(7)73)47(42(101-63)21-85-25(2)68)104-61-55(93-33(10)76)50(88-28(5)71)45(81)40(19-66)99-61/h15-18,40-64,66,81H,19-23H2,1-14H3/t40-,41-,42-,43-,44-,45-,46-,47-,48-,49-,50+,51+,52+,53+,54+,55-,56-,57-,58-,59-,60+,61-,62-,63-,64-/m1/s1. The second kappa shape index (κ2) is 39.4. The van der Waals surface area contributed by atoms with Crippen LogP contribution in [-0.2, 0) is 176 Å². The molecular weight excluding hydrogens is 1450 g/mol. The van der Waals surface area contributed by atoms with E-state index in [-0.39, 0.29) is 11.4 Å². The number of carbonyl (C=O) groups is 14. The molecule has 5 saturated heterocycles. The molecule has 0 amide bonds. The highest BCUT2D eigenvalue weighted by atomic mass is 16.8. The van der Waals surface area contributed by atoms with Gasteiger partial charge in [-0.25, -0.2) is 0 Å². The van der Waals surface area contributed by atoms with Gasteiger partial charge in [0.1, 0.15) is 93.2 Å². The van der Waals surface area contributed by atoms with Gasteiger partial charge < -0.3 is 124 Å². The lowest BCUT2D eigenvalue weighted by Gasteiger charge is -2.51. The maximum atomic E-state index is 13.6. The lowest BCUT2D eigenvalue weighted by atomic mass is 9.94. The summed E-state index contributed by atoms with van der Waals surface area (Å²) in [6.07, 6.45) is -51.2. The fourth-order valence-corrected chi connectivity index (χ4v) is 11.7. The van der Waals surface area contributed by atoms with Crippen LogP contribution in [0.15, 0.2) is 24.3 Å². The number of aliphatic hydroxyl groups is 2. The molecule has 43 nitrogen and oxygen atoms in total. The van der Waals surface area contributed by atoms with Crippen molar-refractivity contribution in [2.45, 2.75) is 250 Å². The van der Waals surface area contributed by atoms with E-state index in [1.54, 1.807) is 0 Å². The summed E-state index contributed by atoms with van der Waals surface area (Å²) >= 11 is 0. The molecule has 0 radical (unpaired) electrons. The maximum absolute atomic E-state index is 13.6. The molecule has 6 rings (SSSR count). The van der Waals surface area contributed by atoms with Gasteiger partial charge in [0.15, 0.2) is 80.1 Å². The molecule has 0 saturated carbocycles. The quantitative estimate of drug-likeness (QED) is 0.0366. The van der Waals surface area contributed by atoms with Crippen molar-refractivity contribution in [3.05, 3.63) is 34.4 Å². The summed E-state index contributed by atoms with van der Waals surface area (Å²) in [7, 11) is 0. The minimum atomic E-state index is -2.34. The molecular formula is C64H83NO42. The first-order chi connectivity index (χ1) is 50.2. The summed E-state index contributed by atoms with van der Waals surface area (Å²) < 4.78 is 142. The van der Waals surface area contributed by atoms with Crippen LogP contribution >= 0.6 is 0 Å². The molecule has 1 aromatic rings. The highest BCUT2D eigenvalue weighted by Gasteiger charge is 2.63. The number of nitro groups is 1. The van der Waals surface area contributed by atoms with Gasteiger partial charge in [-0.1, -0.05) is 0 Å². The molecule has 0 aliphatic carbocycles. The Balaban J connectivity index is 1.51. The predicted octanol–water partition coefficient (Wildman–Crippen LogP) is -1.94. The fraction of sp³-hybridized carbons (Fsp3) is 0.688. The van der Waals surface area contributed by atoms with Gasteiger partial charge in [0.2, 0.25) is 12.4 Å². The Morgan fingerprint density at radius 1 is 0.318 bits per heavy atom. The minimum absolute atomic E-state index is 0.158. The normalized spacial score (nSPS) is 32.4. The van der Waals surface area contributed by atoms with Crippen LogP contribution < -0.4 is 4.74 Å². The smallest absolute Gasteiger partial charge is 0.303 e. The second-order valence-corrected chi connectivity index (χ2v) is 24.1. The van der Waals surface area contributed by atoms with E-state index in [0.717, 1.165) is 121 Å². The molecule has 2 N–H and O–H groups in total. The molecule has 25 atom stereocenters. The van der Waals surface area contributed by atoms with Crippen LogP contribution in [0.2, 0.25) is 0 Å². The van der Waals surface area contributed by atoms with Crippen LogP contribution in [0.5, 0.6) is 5.75 Å². The maximum Gasteiger partial charge on any atom is 0.303 e. The molecule has 107 heavy (non-hydrogen) atoms. The Bertz CT molecular complexity index is 3360. The number of aliphatic hydroxyl groups excluding tert-OH is 2. The van der Waals surface area contributed by atoms with E-state index in [9.17, 15) is 87.5 Å². The third-order valence-corrected chi connectivity index (χ3v) is 15.5. The number of ether oxygens (including phenoxy) is 24. The van der Waals surface area contributed by atoms with Crippen LogP contribution in [0, 0.1) is 10.1 Å². The van der Waals surface area contributed by atoms with Crippen LogP contribution in [0.25, 0.3) is 0 Å². The molecule has 0 spiro atoms. The van der Waals surface area contributed by atoms with Crippen LogP contribution in [0.1, 0.15) is 96.9 Å². The monoisotopic (exact) mass is 1540 g/mol. The summed E-state index contributed by atoms with van der Waals surface area (Å²) in [5, 5.41) is 33.1. The topological polar surface area (TPSA) is 544 Å². The molecule has 5 aliphatic rings. The van der Waals surface area contributed by atoms with Gasteiger partial charge in [0.05, 0.1) is 11.5 Å². The van der Waals surface area contributed by atoms with Gasteiger partial charge in [0, 0.05) is 109 Å². The van der Waals surface area contributed by atoms with Crippen LogP contribution in [-0.4, -0.2) is 285 Å². The van der Waals surface area contributed by atoms with E-state index in [1.807, 2.05) is 0 Å². The predicted molar refractivity (Wildman–Crippen MR) is 332 cm³/mol. The van der Waals surface area contributed by atoms with Gasteiger partial charge >= 0.3 is 83.6 Å². The molecule has 5 heterocycles. The lowest BCUT2D eigenvalue weighted by molar-refractivity contribution is -0.392. The van der Waals surface area contributed by atoms with Gasteiger partial charge in [-0.3, -0.25) is 77.2 Å². The summed E-state index contributed by atoms with van der Waals surface area (Å²) in [4.78, 5) is 194. The first kappa shape index (κ1) is 86.5. The number of nitrogens with zero attached hydrogens (tertiary/aromatic N) is 1. The van der Waals surface area contributed by atoms with E-state index in [2.05, 4.69) is 0 Å². The van der Waals surface area contributed by atoms with E-state index >= 15 is 0 Å². The Kier molecular flexibility index (Phi) is 31.9. The van der Waals surface area contributed by atoms with Crippen molar-refractivity contribution in [3.8, 4) is 5.75 Å². The molecule has 0 bridgehead atoms. The largest absolute Gasteiger partial charge is 0.463 e. The molecule has 5 aliphatic heterocycles. The molecule has 0 aromatic heterocycles. The zero-order valence-electron chi connectivity index (χ0n) is 60.0. The molecule has 596 valence electrons. The first-order valence-corrected chi connectivity index (χ1v) is 32.6. The summed E-state index contributed by atoms with van der Waals surface area (Å²) in [6.45, 7) is 7.78. The van der Waals surface area contributed by atoms with E-state index < -0.39 is 275 Å². The van der Waals surface area contributed by atoms with Crippen molar-refractivity contribution in [2.75, 3.05) is 33.0 Å². The molecule has 1 aromatic carbocycles. The highest BCUT2D eigenvalue weighted by Crippen LogP contribution is 2.42. The fourth-order valence-electron chi connectivity index (χ4n) is 11.7. The average Bonchev–Trinajstić information content (AvgIpc) is 0.760. The summed E-state index contributed by atoms with van der Waals surface area (Å²) in [5.74, 6) is -15.7. The Morgan fingerprint density at radius 2 is 0.533 bits per heavy atom. The number of rotatable bonds is 30. The van der Waals surface area contributed by atoms with Crippen molar-refractivity contribution in [3.63, 3.8) is 0 Å². The van der Waals surface area contributed by atoms with E-state index in [4.69, 9.17) is 114 Å². The average molecular weight is 1540 g/mol. The molecule has 43 heteroatoms. The number of hydrogen-bond donors (Lipinski definition) is 2. The SMILES string of the molecule is CC(=O)OC[C@H]1O[C@H](Oc2ccc([N+](=O)[O-])cc2)[C@H](OC(C)=O)[C@@H](OC(C)=O)[C@@H]1O[C@H]1O[C@H](COC(C)=O)[C@@H](O[C@H]2O[C@H](COC(C)=O)[C@@H](O[C@H]3O[C@H](COC(C)=O)[C@@H](O[C@H]4O[C@H](CO)[C@@H](O)[C@H](OC(C)=O)[C@H]4OC(C)=O)[C@H](OC(C)=O)[C@H]3OC(C)=O)[C@H](OC(C)=O)[C@H]2OC(C)=O)[C@H](OC(C)=O)[C@H]1OC(C)=O. The number of benzene rings is 1. The summed E-state index contributed by atoms with van der Waals surface area (Å²) in [5.41, 5.74) is -0.380. The number of esters is 14. The zero-order valence-corrected chi connectivity index (χ0v) is 60.0. The Hall–Kier alpha value is -9.44. The Morgan fingerprint density at radius 3 is 0.766 bits per heavy atom. The number of non-ortho nitro benzene ring substituents is 1. The van der Waals surface area contributed by atoms with Crippen molar-refractivity contribution < 1.29 is 196 Å². The van der Waals surface area contributed by atoms with Gasteiger partial charge in [-0.05, 0) is 12.1 Å². The lowest BCUT2D eigenvalue weighted by Crippen LogP contribution is -2.70. The van der Waals surface area contributed by atoms with Crippen molar-refractivity contribution in [2.24, 2.45) is 0 Å². The Labute approximate surface area is 607 Å². The third-order valence-electron chi connectivity index (χ3n) is 15.5. The number of nitro benzene ring substituents is 1. The van der Waals surface area contributed by atoms with E-state index in [0.29, 0.717) is 0 Å². The van der Waals surface area contributed by atoms with Crippen molar-refractivity contribution >= 4 is 89.3 Å². The van der Waals surface area contributed by atoms with Crippen molar-refractivity contribution in [1.82, 2.24) is 0 Å². The van der Waals surface area contributed by atoms with Gasteiger partial charge in [-0.15, -0.1) is 0 Å². The molecule has 0 unspecified atom stereocenters. The number of carbonyl (C=O) groups excluding carboxylic acids is 14. The van der Waals surface area contributed by atoms with Gasteiger partial charge in [-0.2, -0.15) is 0 Å². The number of hydrogen-bond acceptors (Lipinski definition) is 42. The first-order valence-electron chi connectivity index (χ1n) is 32.6. The van der Waals surface area contributed by atoms with Crippen LogP contribution in [0.4, 0.5) is 5.69 Å². The van der Waals surface area contributed by atoms with Gasteiger partial charge in [0.25, 0.3) is 5.69 Å². The second-order valence-electron chi connectivity index (χ2n) is 24.1. The zero-order chi connectivity index (χ0) is 79.6. The highest BCUT2D eigenvalue weighted by molar-refractivity contribution is 5.71. The van der Waals surface area contributed by atoms with Crippen LogP contribution in [0.3, 0.4) is 0 Å². The molecule has 5 fully saturated rings. The third kappa shape index (κ3) is 24.8. The summed E-state index contributed by atoms with van der Waals surface area (Å²) in [6, 6.07) is 4.35.